The van der Waals surface area contributed by atoms with Crippen molar-refractivity contribution >= 4 is 44.3 Å². The van der Waals surface area contributed by atoms with E-state index in [1.807, 2.05) is 37.3 Å². The van der Waals surface area contributed by atoms with Gasteiger partial charge in [-0.15, -0.1) is 0 Å². The molecular formula is C14H13BrN4. The minimum absolute atomic E-state index is 0.714. The summed E-state index contributed by atoms with van der Waals surface area (Å²) in [6.07, 6.45) is 0. The Hall–Kier alpha value is -2.01. The van der Waals surface area contributed by atoms with Gasteiger partial charge < -0.3 is 16.0 Å². The molecule has 0 fully saturated rings. The van der Waals surface area contributed by atoms with Gasteiger partial charge in [-0.3, -0.25) is 0 Å². The average molecular weight is 317 g/mol. The molecule has 3 rings (SSSR count). The van der Waals surface area contributed by atoms with Crippen LogP contribution in [-0.2, 0) is 0 Å². The van der Waals surface area contributed by atoms with Crippen LogP contribution in [0.2, 0.25) is 0 Å². The Balaban J connectivity index is 1.96. The standard InChI is InChI=1S/C14H13BrN4/c1-8-6-9(15)2-4-11(8)17-14-18-12-5-3-10(16)7-13(12)19-14/h2-7H,16H2,1H3,(H2,17,18,19). The van der Waals surface area contributed by atoms with E-state index in [9.17, 15) is 0 Å². The van der Waals surface area contributed by atoms with Gasteiger partial charge in [0.1, 0.15) is 0 Å². The Morgan fingerprint density at radius 2 is 2.05 bits per heavy atom. The lowest BCUT2D eigenvalue weighted by Crippen LogP contribution is -1.94. The number of H-pyrrole nitrogens is 1. The van der Waals surface area contributed by atoms with E-state index in [-0.39, 0.29) is 0 Å². The molecule has 19 heavy (non-hydrogen) atoms. The predicted molar refractivity (Wildman–Crippen MR) is 82.7 cm³/mol. The van der Waals surface area contributed by atoms with Crippen molar-refractivity contribution in [1.29, 1.82) is 0 Å². The van der Waals surface area contributed by atoms with Gasteiger partial charge in [0, 0.05) is 15.8 Å². The van der Waals surface area contributed by atoms with Crippen LogP contribution in [0.4, 0.5) is 17.3 Å². The number of rotatable bonds is 2. The molecule has 0 saturated heterocycles. The zero-order valence-corrected chi connectivity index (χ0v) is 12.0. The van der Waals surface area contributed by atoms with E-state index >= 15 is 0 Å². The summed E-state index contributed by atoms with van der Waals surface area (Å²) in [6, 6.07) is 11.7. The van der Waals surface area contributed by atoms with E-state index in [4.69, 9.17) is 5.73 Å². The first-order valence-corrected chi connectivity index (χ1v) is 6.69. The number of nitrogens with one attached hydrogen (secondary N) is 2. The largest absolute Gasteiger partial charge is 0.399 e. The number of benzene rings is 2. The first-order valence-electron chi connectivity index (χ1n) is 5.90. The van der Waals surface area contributed by atoms with E-state index in [2.05, 4.69) is 37.3 Å². The SMILES string of the molecule is Cc1cc(Br)ccc1Nc1nc2ccc(N)cc2[nH]1. The molecule has 3 aromatic rings. The zero-order chi connectivity index (χ0) is 13.4. The molecular weight excluding hydrogens is 304 g/mol. The molecule has 1 aromatic heterocycles. The third-order valence-electron chi connectivity index (χ3n) is 2.95. The normalized spacial score (nSPS) is 10.8. The van der Waals surface area contributed by atoms with Crippen molar-refractivity contribution in [2.24, 2.45) is 0 Å². The number of hydrogen-bond donors (Lipinski definition) is 3. The highest BCUT2D eigenvalue weighted by Crippen LogP contribution is 2.24. The van der Waals surface area contributed by atoms with Crippen LogP contribution in [0.25, 0.3) is 11.0 Å². The van der Waals surface area contributed by atoms with Crippen molar-refractivity contribution < 1.29 is 0 Å². The van der Waals surface area contributed by atoms with Gasteiger partial charge in [-0.05, 0) is 48.9 Å². The summed E-state index contributed by atoms with van der Waals surface area (Å²) >= 11 is 3.45. The summed E-state index contributed by atoms with van der Waals surface area (Å²) in [6.45, 7) is 2.05. The fraction of sp³-hybridized carbons (Fsp3) is 0.0714. The second kappa shape index (κ2) is 4.59. The topological polar surface area (TPSA) is 66.7 Å². The average Bonchev–Trinajstić information content (AvgIpc) is 2.74. The lowest BCUT2D eigenvalue weighted by molar-refractivity contribution is 1.29. The van der Waals surface area contributed by atoms with Gasteiger partial charge in [0.15, 0.2) is 0 Å². The Bertz CT molecular complexity index is 748. The highest BCUT2D eigenvalue weighted by Gasteiger charge is 2.05. The van der Waals surface area contributed by atoms with E-state index in [0.717, 1.165) is 32.4 Å². The molecule has 4 nitrogen and oxygen atoms in total. The number of fused-ring (bicyclic) bond motifs is 1. The molecule has 0 radical (unpaired) electrons. The van der Waals surface area contributed by atoms with Gasteiger partial charge >= 0.3 is 0 Å². The van der Waals surface area contributed by atoms with Crippen LogP contribution >= 0.6 is 15.9 Å². The van der Waals surface area contributed by atoms with E-state index in [0.29, 0.717) is 5.95 Å². The number of aromatic amines is 1. The second-order valence-electron chi connectivity index (χ2n) is 4.45. The summed E-state index contributed by atoms with van der Waals surface area (Å²) in [7, 11) is 0. The molecule has 0 bridgehead atoms. The van der Waals surface area contributed by atoms with Crippen molar-refractivity contribution in [3.63, 3.8) is 0 Å². The van der Waals surface area contributed by atoms with Gasteiger partial charge in [-0.1, -0.05) is 15.9 Å². The van der Waals surface area contributed by atoms with Crippen molar-refractivity contribution in [3.05, 3.63) is 46.4 Å². The maximum absolute atomic E-state index is 5.75. The van der Waals surface area contributed by atoms with E-state index in [1.54, 1.807) is 0 Å². The van der Waals surface area contributed by atoms with E-state index < -0.39 is 0 Å². The highest BCUT2D eigenvalue weighted by atomic mass is 79.9. The Morgan fingerprint density at radius 1 is 1.21 bits per heavy atom. The zero-order valence-electron chi connectivity index (χ0n) is 10.4. The molecule has 0 saturated carbocycles. The third kappa shape index (κ3) is 2.42. The molecule has 5 heteroatoms. The van der Waals surface area contributed by atoms with Crippen LogP contribution in [0.5, 0.6) is 0 Å². The van der Waals surface area contributed by atoms with E-state index in [1.165, 1.54) is 0 Å². The summed E-state index contributed by atoms with van der Waals surface area (Å²) in [4.78, 5) is 7.69. The van der Waals surface area contributed by atoms with Crippen molar-refractivity contribution in [3.8, 4) is 0 Å². The molecule has 2 aromatic carbocycles. The summed E-state index contributed by atoms with van der Waals surface area (Å²) in [5.74, 6) is 0.714. The predicted octanol–water partition coefficient (Wildman–Crippen LogP) is 3.96. The Labute approximate surface area is 119 Å². The number of nitrogens with two attached hydrogens (primary N) is 1. The van der Waals surface area contributed by atoms with Gasteiger partial charge in [0.25, 0.3) is 0 Å². The summed E-state index contributed by atoms with van der Waals surface area (Å²) in [5.41, 5.74) is 10.5. The maximum atomic E-state index is 5.75. The van der Waals surface area contributed by atoms with Crippen LogP contribution in [0.15, 0.2) is 40.9 Å². The molecule has 4 N–H and O–H groups in total. The number of nitrogens with zero attached hydrogens (tertiary/aromatic N) is 1. The van der Waals surface area contributed by atoms with Crippen molar-refractivity contribution in [2.45, 2.75) is 6.92 Å². The third-order valence-corrected chi connectivity index (χ3v) is 3.44. The number of halogens is 1. The lowest BCUT2D eigenvalue weighted by atomic mass is 10.2. The van der Waals surface area contributed by atoms with Gasteiger partial charge in [0.05, 0.1) is 11.0 Å². The maximum Gasteiger partial charge on any atom is 0.205 e. The van der Waals surface area contributed by atoms with Crippen LogP contribution in [0, 0.1) is 6.92 Å². The number of hydrogen-bond acceptors (Lipinski definition) is 3. The number of imidazole rings is 1. The Morgan fingerprint density at radius 3 is 2.84 bits per heavy atom. The molecule has 0 unspecified atom stereocenters. The van der Waals surface area contributed by atoms with Gasteiger partial charge in [-0.2, -0.15) is 0 Å². The molecule has 1 heterocycles. The van der Waals surface area contributed by atoms with Crippen LogP contribution < -0.4 is 11.1 Å². The fourth-order valence-electron chi connectivity index (χ4n) is 1.98. The minimum Gasteiger partial charge on any atom is -0.399 e. The molecule has 0 aliphatic heterocycles. The number of anilines is 3. The molecule has 0 atom stereocenters. The summed E-state index contributed by atoms with van der Waals surface area (Å²) in [5, 5.41) is 3.28. The second-order valence-corrected chi connectivity index (χ2v) is 5.36. The number of aryl methyl sites for hydroxylation is 1. The highest BCUT2D eigenvalue weighted by molar-refractivity contribution is 9.10. The minimum atomic E-state index is 0.714. The van der Waals surface area contributed by atoms with Crippen LogP contribution in [0.3, 0.4) is 0 Å². The van der Waals surface area contributed by atoms with Crippen molar-refractivity contribution in [1.82, 2.24) is 9.97 Å². The van der Waals surface area contributed by atoms with Gasteiger partial charge in [0.2, 0.25) is 5.95 Å². The van der Waals surface area contributed by atoms with Crippen LogP contribution in [-0.4, -0.2) is 9.97 Å². The quantitative estimate of drug-likeness (QED) is 0.627. The number of aromatic nitrogens is 2. The molecule has 96 valence electrons. The number of nitrogen functional groups attached to an aromatic ring is 1. The fourth-order valence-corrected chi connectivity index (χ4v) is 2.46. The summed E-state index contributed by atoms with van der Waals surface area (Å²) < 4.78 is 1.06. The van der Waals surface area contributed by atoms with Gasteiger partial charge in [-0.25, -0.2) is 4.98 Å². The lowest BCUT2D eigenvalue weighted by Gasteiger charge is -2.06. The molecule has 0 amide bonds. The first-order chi connectivity index (χ1) is 9.11. The molecule has 0 spiro atoms. The first kappa shape index (κ1) is 12.0. The molecule has 0 aliphatic rings. The van der Waals surface area contributed by atoms with Crippen molar-refractivity contribution in [2.75, 3.05) is 11.1 Å². The molecule has 0 aliphatic carbocycles. The smallest absolute Gasteiger partial charge is 0.205 e. The van der Waals surface area contributed by atoms with Crippen LogP contribution in [0.1, 0.15) is 5.56 Å². The Kier molecular flexibility index (Phi) is 2.91. The monoisotopic (exact) mass is 316 g/mol.